The predicted molar refractivity (Wildman–Crippen MR) is 101 cm³/mol. The lowest BCUT2D eigenvalue weighted by molar-refractivity contribution is -0.225. The molecular weight excluding hydrogens is 427 g/mol. The van der Waals surface area contributed by atoms with E-state index in [2.05, 4.69) is 61.4 Å². The van der Waals surface area contributed by atoms with Crippen molar-refractivity contribution in [3.63, 3.8) is 0 Å². The number of halogens is 1. The fourth-order valence-electron chi connectivity index (χ4n) is 2.22. The summed E-state index contributed by atoms with van der Waals surface area (Å²) in [5.41, 5.74) is -0.824. The highest BCUT2D eigenvalue weighted by Crippen LogP contribution is 2.41. The summed E-state index contributed by atoms with van der Waals surface area (Å²) in [7, 11) is -1.81. The topological polar surface area (TPSA) is 73.3 Å². The first kappa shape index (κ1) is 18.9. The van der Waals surface area contributed by atoms with Gasteiger partial charge in [-0.2, -0.15) is 0 Å². The van der Waals surface area contributed by atoms with Crippen molar-refractivity contribution in [1.82, 2.24) is 9.55 Å². The first-order chi connectivity index (χ1) is 10.6. The molecule has 0 spiro atoms. The van der Waals surface area contributed by atoms with E-state index in [4.69, 9.17) is 9.16 Å². The summed E-state index contributed by atoms with van der Waals surface area (Å²) < 4.78 is 14.4. The summed E-state index contributed by atoms with van der Waals surface area (Å²) in [6.07, 6.45) is 1.16. The maximum atomic E-state index is 11.9. The number of hydrogen-bond acceptors (Lipinski definition) is 4. The van der Waals surface area contributed by atoms with Crippen molar-refractivity contribution in [2.24, 2.45) is 5.92 Å². The highest BCUT2D eigenvalue weighted by Gasteiger charge is 2.45. The Hall–Kier alpha value is -0.453. The van der Waals surface area contributed by atoms with Gasteiger partial charge < -0.3 is 9.16 Å². The molecule has 6 nitrogen and oxygen atoms in total. The van der Waals surface area contributed by atoms with E-state index in [1.807, 2.05) is 0 Å². The van der Waals surface area contributed by atoms with E-state index in [1.54, 1.807) is 0 Å². The Balaban J connectivity index is 2.04. The Morgan fingerprint density at radius 3 is 2.57 bits per heavy atom. The van der Waals surface area contributed by atoms with Crippen LogP contribution in [0.5, 0.6) is 0 Å². The van der Waals surface area contributed by atoms with E-state index in [1.165, 1.54) is 16.8 Å². The zero-order valence-corrected chi connectivity index (χ0v) is 17.4. The number of H-pyrrole nitrogens is 1. The van der Waals surface area contributed by atoms with Crippen LogP contribution in [0.1, 0.15) is 27.0 Å². The second-order valence-corrected chi connectivity index (χ2v) is 13.2. The van der Waals surface area contributed by atoms with Crippen LogP contribution in [0, 0.1) is 5.92 Å². The van der Waals surface area contributed by atoms with Crippen molar-refractivity contribution >= 4 is 30.9 Å². The normalized spacial score (nSPS) is 25.2. The third kappa shape index (κ3) is 3.97. The van der Waals surface area contributed by atoms with E-state index in [9.17, 15) is 9.59 Å². The molecule has 1 aromatic heterocycles. The average Bonchev–Trinajstić information content (AvgIpc) is 2.38. The summed E-state index contributed by atoms with van der Waals surface area (Å²) in [4.78, 5) is 25.3. The lowest BCUT2D eigenvalue weighted by Gasteiger charge is -2.46. The Bertz CT molecular complexity index is 664. The van der Waals surface area contributed by atoms with Crippen LogP contribution in [0.3, 0.4) is 0 Å². The van der Waals surface area contributed by atoms with Gasteiger partial charge in [-0.3, -0.25) is 14.3 Å². The lowest BCUT2D eigenvalue weighted by atomic mass is 9.97. The van der Waals surface area contributed by atoms with E-state index in [-0.39, 0.29) is 23.3 Å². The molecule has 2 heterocycles. The van der Waals surface area contributed by atoms with Gasteiger partial charge in [0.25, 0.3) is 5.56 Å². The van der Waals surface area contributed by atoms with Gasteiger partial charge in [0.15, 0.2) is 8.32 Å². The number of hydrogen-bond donors (Lipinski definition) is 1. The number of aromatic nitrogens is 2. The van der Waals surface area contributed by atoms with Crippen molar-refractivity contribution in [3.05, 3.63) is 33.1 Å². The van der Waals surface area contributed by atoms with E-state index in [0.29, 0.717) is 6.61 Å². The highest BCUT2D eigenvalue weighted by molar-refractivity contribution is 14.1. The van der Waals surface area contributed by atoms with Crippen LogP contribution >= 0.6 is 22.6 Å². The molecule has 1 aromatic rings. The van der Waals surface area contributed by atoms with Gasteiger partial charge in [-0.25, -0.2) is 4.79 Å². The van der Waals surface area contributed by atoms with Gasteiger partial charge in [0.05, 0.1) is 12.7 Å². The van der Waals surface area contributed by atoms with Crippen LogP contribution in [-0.2, 0) is 9.16 Å². The van der Waals surface area contributed by atoms with Gasteiger partial charge in [-0.1, -0.05) is 43.4 Å². The fourth-order valence-corrected chi connectivity index (χ4v) is 4.24. The standard InChI is InChI=1S/C15H25IN2O4Si/c1-15(2,3)23(4,5)21-9-11-10(8-16)13(22-11)18-7-6-12(19)17-14(18)20/h6-7,10-11,13H,8-9H2,1-5H3,(H,17,19,20). The lowest BCUT2D eigenvalue weighted by Crippen LogP contribution is -2.54. The van der Waals surface area contributed by atoms with Crippen LogP contribution in [0.25, 0.3) is 0 Å². The van der Waals surface area contributed by atoms with Crippen LogP contribution in [-0.4, -0.2) is 35.0 Å². The Morgan fingerprint density at radius 2 is 2.04 bits per heavy atom. The minimum absolute atomic E-state index is 0.00940. The molecule has 8 heteroatoms. The number of aromatic amines is 1. The predicted octanol–water partition coefficient (Wildman–Crippen LogP) is 2.51. The Kier molecular flexibility index (Phi) is 5.59. The fraction of sp³-hybridized carbons (Fsp3) is 0.733. The molecule has 0 bridgehead atoms. The number of alkyl halides is 1. The summed E-state index contributed by atoms with van der Waals surface area (Å²) in [5.74, 6) is 0.198. The second kappa shape index (κ2) is 6.81. The molecule has 1 aliphatic rings. The molecule has 0 amide bonds. The van der Waals surface area contributed by atoms with Crippen molar-refractivity contribution < 1.29 is 9.16 Å². The molecule has 3 atom stereocenters. The zero-order chi connectivity index (χ0) is 17.4. The number of nitrogens with one attached hydrogen (secondary N) is 1. The van der Waals surface area contributed by atoms with Crippen molar-refractivity contribution in [1.29, 1.82) is 0 Å². The maximum absolute atomic E-state index is 11.9. The smallest absolute Gasteiger partial charge is 0.330 e. The number of nitrogens with zero attached hydrogens (tertiary/aromatic N) is 1. The molecule has 130 valence electrons. The van der Waals surface area contributed by atoms with Gasteiger partial charge in [0.2, 0.25) is 0 Å². The highest BCUT2D eigenvalue weighted by atomic mass is 127. The molecule has 0 aliphatic carbocycles. The molecule has 1 aliphatic heterocycles. The van der Waals surface area contributed by atoms with E-state index in [0.717, 1.165) is 4.43 Å². The molecule has 0 saturated carbocycles. The molecule has 23 heavy (non-hydrogen) atoms. The Morgan fingerprint density at radius 1 is 1.39 bits per heavy atom. The quantitative estimate of drug-likeness (QED) is 0.424. The largest absolute Gasteiger partial charge is 0.414 e. The second-order valence-electron chi connectivity index (χ2n) is 7.47. The molecule has 3 unspecified atom stereocenters. The molecule has 0 radical (unpaired) electrons. The SMILES string of the molecule is CC(C)(C)[Si](C)(C)OCC1OC(n2ccc(=O)[nH]c2=O)C1CI. The zero-order valence-electron chi connectivity index (χ0n) is 14.3. The number of rotatable bonds is 5. The molecule has 0 aromatic carbocycles. The third-order valence-electron chi connectivity index (χ3n) is 4.88. The average molecular weight is 452 g/mol. The van der Waals surface area contributed by atoms with Gasteiger partial charge in [0, 0.05) is 22.6 Å². The van der Waals surface area contributed by atoms with Crippen LogP contribution in [0.4, 0.5) is 0 Å². The molecule has 1 saturated heterocycles. The van der Waals surface area contributed by atoms with Crippen LogP contribution in [0.2, 0.25) is 18.1 Å². The minimum Gasteiger partial charge on any atom is -0.414 e. The first-order valence-electron chi connectivity index (χ1n) is 7.73. The van der Waals surface area contributed by atoms with E-state index < -0.39 is 19.6 Å². The summed E-state index contributed by atoms with van der Waals surface area (Å²) in [5, 5.41) is 0.159. The van der Waals surface area contributed by atoms with Crippen LogP contribution in [0.15, 0.2) is 21.9 Å². The monoisotopic (exact) mass is 452 g/mol. The molecule has 1 fully saturated rings. The Labute approximate surface area is 150 Å². The summed E-state index contributed by atoms with van der Waals surface area (Å²) >= 11 is 2.31. The molecular formula is C15H25IN2O4Si. The number of ether oxygens (including phenoxy) is 1. The van der Waals surface area contributed by atoms with Crippen LogP contribution < -0.4 is 11.2 Å². The molecule has 2 rings (SSSR count). The molecule has 1 N–H and O–H groups in total. The van der Waals surface area contributed by atoms with Gasteiger partial charge in [0.1, 0.15) is 6.23 Å². The minimum atomic E-state index is -1.81. The summed E-state index contributed by atoms with van der Waals surface area (Å²) in [6.45, 7) is 11.6. The van der Waals surface area contributed by atoms with Crippen molar-refractivity contribution in [3.8, 4) is 0 Å². The maximum Gasteiger partial charge on any atom is 0.330 e. The third-order valence-corrected chi connectivity index (χ3v) is 10.4. The van der Waals surface area contributed by atoms with Crippen molar-refractivity contribution in [2.45, 2.75) is 51.2 Å². The van der Waals surface area contributed by atoms with E-state index >= 15 is 0 Å². The van der Waals surface area contributed by atoms with Gasteiger partial charge >= 0.3 is 5.69 Å². The summed E-state index contributed by atoms with van der Waals surface area (Å²) in [6, 6.07) is 1.34. The van der Waals surface area contributed by atoms with Gasteiger partial charge in [-0.05, 0) is 18.1 Å². The van der Waals surface area contributed by atoms with Gasteiger partial charge in [-0.15, -0.1) is 0 Å². The van der Waals surface area contributed by atoms with Crippen molar-refractivity contribution in [2.75, 3.05) is 11.0 Å². The first-order valence-corrected chi connectivity index (χ1v) is 12.2.